The molecule has 2 aromatic carbocycles. The maximum Gasteiger partial charge on any atom is 0.282 e. The summed E-state index contributed by atoms with van der Waals surface area (Å²) in [4.78, 5) is 0.0888. The Morgan fingerprint density at radius 3 is 2.40 bits per heavy atom. The fourth-order valence-corrected chi connectivity index (χ4v) is 2.61. The van der Waals surface area contributed by atoms with E-state index in [9.17, 15) is 13.5 Å². The molecule has 0 fully saturated rings. The number of phenolic OH excluding ortho intramolecular Hbond substituents is 1. The zero-order valence-electron chi connectivity index (χ0n) is 10.6. The lowest BCUT2D eigenvalue weighted by atomic mass is 10.2. The van der Waals surface area contributed by atoms with E-state index in [1.807, 2.05) is 6.92 Å². The summed E-state index contributed by atoms with van der Waals surface area (Å²) >= 11 is 5.88. The third kappa shape index (κ3) is 3.18. The average Bonchev–Trinajstić information content (AvgIpc) is 2.38. The fourth-order valence-electron chi connectivity index (χ4n) is 1.55. The summed E-state index contributed by atoms with van der Waals surface area (Å²) < 4.78 is 27.6. The zero-order valence-corrected chi connectivity index (χ0v) is 12.2. The van der Waals surface area contributed by atoms with E-state index in [0.717, 1.165) is 11.8 Å². The topological polar surface area (TPSA) is 66.7 Å². The van der Waals surface area contributed by atoms with E-state index >= 15 is 0 Å². The minimum atomic E-state index is -3.81. The van der Waals surface area contributed by atoms with Crippen molar-refractivity contribution in [2.45, 2.75) is 11.8 Å². The highest BCUT2D eigenvalue weighted by Crippen LogP contribution is 2.24. The number of rotatable bonds is 3. The molecule has 0 saturated heterocycles. The monoisotopic (exact) mass is 309 g/mol. The van der Waals surface area contributed by atoms with Crippen LogP contribution in [0.2, 0.25) is 5.02 Å². The number of sulfonamides is 1. The quantitative estimate of drug-likeness (QED) is 0.886. The largest absolute Gasteiger partial charge is 0.507 e. The molecule has 0 amide bonds. The summed E-state index contributed by atoms with van der Waals surface area (Å²) in [5.74, 6) is -0.125. The Kier molecular flexibility index (Phi) is 4.11. The first kappa shape index (κ1) is 14.6. The van der Waals surface area contributed by atoms with Crippen molar-refractivity contribution in [1.29, 1.82) is 0 Å². The molecule has 0 saturated carbocycles. The molecule has 0 spiro atoms. The summed E-state index contributed by atoms with van der Waals surface area (Å²) in [7, 11) is -3.81. The van der Waals surface area contributed by atoms with Crippen LogP contribution in [0.15, 0.2) is 51.8 Å². The van der Waals surface area contributed by atoms with Gasteiger partial charge in [0, 0.05) is 0 Å². The van der Waals surface area contributed by atoms with Crippen LogP contribution in [0.4, 0.5) is 0 Å². The number of hydrogen-bond donors (Lipinski definition) is 1. The van der Waals surface area contributed by atoms with E-state index in [1.165, 1.54) is 18.2 Å². The molecule has 2 aromatic rings. The Balaban J connectivity index is 2.37. The Morgan fingerprint density at radius 1 is 1.15 bits per heavy atom. The predicted octanol–water partition coefficient (Wildman–Crippen LogP) is 3.16. The molecule has 1 N–H and O–H groups in total. The van der Waals surface area contributed by atoms with Gasteiger partial charge in [0.05, 0.1) is 21.7 Å². The first-order valence-corrected chi connectivity index (χ1v) is 7.56. The highest BCUT2D eigenvalue weighted by atomic mass is 35.5. The van der Waals surface area contributed by atoms with Gasteiger partial charge in [0.2, 0.25) is 0 Å². The van der Waals surface area contributed by atoms with E-state index in [0.29, 0.717) is 0 Å². The molecule has 0 heterocycles. The molecule has 0 bridgehead atoms. The molecule has 0 aliphatic rings. The van der Waals surface area contributed by atoms with E-state index in [2.05, 4.69) is 4.40 Å². The highest BCUT2D eigenvalue weighted by molar-refractivity contribution is 7.90. The zero-order chi connectivity index (χ0) is 14.8. The summed E-state index contributed by atoms with van der Waals surface area (Å²) in [6.45, 7) is 1.86. The van der Waals surface area contributed by atoms with Gasteiger partial charge >= 0.3 is 0 Å². The molecule has 0 aromatic heterocycles. The first-order valence-electron chi connectivity index (χ1n) is 5.74. The van der Waals surface area contributed by atoms with Crippen LogP contribution in [0.5, 0.6) is 5.75 Å². The fraction of sp³-hybridized carbons (Fsp3) is 0.0714. The van der Waals surface area contributed by atoms with E-state index in [4.69, 9.17) is 11.6 Å². The van der Waals surface area contributed by atoms with Gasteiger partial charge in [-0.2, -0.15) is 12.8 Å². The standard InChI is InChI=1S/C14H12ClNO3S/c1-10-5-7-11(8-6-10)20(18,19)16-9-12-13(15)3-2-4-14(12)17/h2-9,17H,1H3/b16-9+. The van der Waals surface area contributed by atoms with Crippen LogP contribution in [0.1, 0.15) is 11.1 Å². The molecule has 104 valence electrons. The Bertz CT molecular complexity index is 732. The van der Waals surface area contributed by atoms with E-state index < -0.39 is 10.0 Å². The van der Waals surface area contributed by atoms with Crippen molar-refractivity contribution in [3.05, 3.63) is 58.6 Å². The smallest absolute Gasteiger partial charge is 0.282 e. The molecule has 20 heavy (non-hydrogen) atoms. The summed E-state index contributed by atoms with van der Waals surface area (Å²) in [6.07, 6.45) is 1.05. The van der Waals surface area contributed by atoms with Crippen molar-refractivity contribution in [3.8, 4) is 5.75 Å². The number of aromatic hydroxyl groups is 1. The predicted molar refractivity (Wildman–Crippen MR) is 79.1 cm³/mol. The third-order valence-corrected chi connectivity index (χ3v) is 4.25. The minimum Gasteiger partial charge on any atom is -0.507 e. The molecule has 0 atom stereocenters. The van der Waals surface area contributed by atoms with Crippen molar-refractivity contribution in [2.75, 3.05) is 0 Å². The van der Waals surface area contributed by atoms with Crippen LogP contribution in [0.3, 0.4) is 0 Å². The van der Waals surface area contributed by atoms with Crippen LogP contribution in [0.25, 0.3) is 0 Å². The Labute approximate surface area is 122 Å². The third-order valence-electron chi connectivity index (χ3n) is 2.67. The summed E-state index contributed by atoms with van der Waals surface area (Å²) in [6, 6.07) is 10.9. The van der Waals surface area contributed by atoms with Gasteiger partial charge in [-0.05, 0) is 31.2 Å². The second-order valence-electron chi connectivity index (χ2n) is 4.20. The van der Waals surface area contributed by atoms with Gasteiger partial charge < -0.3 is 5.11 Å². The molecule has 6 heteroatoms. The lowest BCUT2D eigenvalue weighted by molar-refractivity contribution is 0.474. The molecular formula is C14H12ClNO3S. The second kappa shape index (κ2) is 5.64. The molecule has 0 unspecified atom stereocenters. The van der Waals surface area contributed by atoms with Gasteiger partial charge in [0.15, 0.2) is 0 Å². The Hall–Kier alpha value is -1.85. The second-order valence-corrected chi connectivity index (χ2v) is 6.23. The number of nitrogens with zero attached hydrogens (tertiary/aromatic N) is 1. The SMILES string of the molecule is Cc1ccc(S(=O)(=O)/N=C/c2c(O)cccc2Cl)cc1. The van der Waals surface area contributed by atoms with Crippen molar-refractivity contribution in [2.24, 2.45) is 4.40 Å². The highest BCUT2D eigenvalue weighted by Gasteiger charge is 2.12. The Morgan fingerprint density at radius 2 is 1.80 bits per heavy atom. The van der Waals surface area contributed by atoms with Gasteiger partial charge in [-0.1, -0.05) is 35.4 Å². The maximum absolute atomic E-state index is 12.0. The van der Waals surface area contributed by atoms with Crippen molar-refractivity contribution in [3.63, 3.8) is 0 Å². The maximum atomic E-state index is 12.0. The number of halogens is 1. The van der Waals surface area contributed by atoms with Gasteiger partial charge in [-0.25, -0.2) is 0 Å². The number of phenols is 1. The van der Waals surface area contributed by atoms with E-state index in [-0.39, 0.29) is 21.2 Å². The molecule has 0 aliphatic carbocycles. The molecule has 2 rings (SSSR count). The lowest BCUT2D eigenvalue weighted by Crippen LogP contribution is -1.98. The van der Waals surface area contributed by atoms with Gasteiger partial charge in [-0.15, -0.1) is 0 Å². The first-order chi connectivity index (χ1) is 9.40. The van der Waals surface area contributed by atoms with Crippen molar-refractivity contribution >= 4 is 27.8 Å². The van der Waals surface area contributed by atoms with Crippen molar-refractivity contribution in [1.82, 2.24) is 0 Å². The summed E-state index contributed by atoms with van der Waals surface area (Å²) in [5.41, 5.74) is 1.13. The lowest BCUT2D eigenvalue weighted by Gasteiger charge is -2.02. The van der Waals surface area contributed by atoms with Crippen molar-refractivity contribution < 1.29 is 13.5 Å². The normalized spacial score (nSPS) is 11.9. The summed E-state index contributed by atoms with van der Waals surface area (Å²) in [5, 5.41) is 9.85. The van der Waals surface area contributed by atoms with Crippen LogP contribution in [-0.4, -0.2) is 19.7 Å². The number of aryl methyl sites for hydroxylation is 1. The number of hydrogen-bond acceptors (Lipinski definition) is 3. The van der Waals surface area contributed by atoms with Crippen LogP contribution in [-0.2, 0) is 10.0 Å². The van der Waals surface area contributed by atoms with Crippen LogP contribution in [0, 0.1) is 6.92 Å². The molecular weight excluding hydrogens is 298 g/mol. The molecule has 4 nitrogen and oxygen atoms in total. The molecule has 0 aliphatic heterocycles. The van der Waals surface area contributed by atoms with Crippen LogP contribution < -0.4 is 0 Å². The average molecular weight is 310 g/mol. The van der Waals surface area contributed by atoms with Crippen LogP contribution >= 0.6 is 11.6 Å². The van der Waals surface area contributed by atoms with Gasteiger partial charge in [0.25, 0.3) is 10.0 Å². The van der Waals surface area contributed by atoms with Gasteiger partial charge in [0.1, 0.15) is 5.75 Å². The number of benzene rings is 2. The van der Waals surface area contributed by atoms with Gasteiger partial charge in [-0.3, -0.25) is 0 Å². The minimum absolute atomic E-state index is 0.0888. The van der Waals surface area contributed by atoms with E-state index in [1.54, 1.807) is 24.3 Å². The molecule has 0 radical (unpaired) electrons.